The summed E-state index contributed by atoms with van der Waals surface area (Å²) in [4.78, 5) is 8.07. The van der Waals surface area contributed by atoms with Gasteiger partial charge in [-0.3, -0.25) is 0 Å². The molecule has 0 aliphatic carbocycles. The first-order valence-electron chi connectivity index (χ1n) is 5.80. The standard InChI is InChI=1S/C13H13N3O2/c14-13-7-10(15-8-16-13)9-2-3-11-12(6-9)18-5-1-4-17-11/h2-3,6-8H,1,4-5H2,(H2,14,15,16). The lowest BCUT2D eigenvalue weighted by molar-refractivity contribution is 0.297. The molecule has 92 valence electrons. The first-order valence-corrected chi connectivity index (χ1v) is 5.80. The number of nitrogens with zero attached hydrogens (tertiary/aromatic N) is 2. The quantitative estimate of drug-likeness (QED) is 0.828. The highest BCUT2D eigenvalue weighted by molar-refractivity contribution is 5.65. The summed E-state index contributed by atoms with van der Waals surface area (Å²) in [7, 11) is 0. The van der Waals surface area contributed by atoms with E-state index in [1.54, 1.807) is 6.07 Å². The third-order valence-electron chi connectivity index (χ3n) is 2.73. The first kappa shape index (κ1) is 10.8. The van der Waals surface area contributed by atoms with Crippen molar-refractivity contribution in [3.63, 3.8) is 0 Å². The molecule has 5 heteroatoms. The number of benzene rings is 1. The number of anilines is 1. The Bertz CT molecular complexity index is 572. The zero-order valence-corrected chi connectivity index (χ0v) is 9.80. The van der Waals surface area contributed by atoms with Gasteiger partial charge in [0.1, 0.15) is 12.1 Å². The van der Waals surface area contributed by atoms with Crippen LogP contribution in [-0.4, -0.2) is 23.2 Å². The fourth-order valence-electron chi connectivity index (χ4n) is 1.85. The molecule has 0 saturated carbocycles. The molecule has 1 aliphatic heterocycles. The lowest BCUT2D eigenvalue weighted by Gasteiger charge is -2.09. The van der Waals surface area contributed by atoms with E-state index in [1.807, 2.05) is 18.2 Å². The Morgan fingerprint density at radius 3 is 2.67 bits per heavy atom. The lowest BCUT2D eigenvalue weighted by Crippen LogP contribution is -1.97. The maximum atomic E-state index is 5.65. The van der Waals surface area contributed by atoms with E-state index in [4.69, 9.17) is 15.2 Å². The van der Waals surface area contributed by atoms with Crippen LogP contribution in [-0.2, 0) is 0 Å². The molecule has 2 aromatic rings. The molecule has 5 nitrogen and oxygen atoms in total. The van der Waals surface area contributed by atoms with Crippen molar-refractivity contribution in [1.29, 1.82) is 0 Å². The summed E-state index contributed by atoms with van der Waals surface area (Å²) in [6.45, 7) is 1.36. The average Bonchev–Trinajstić information content (AvgIpc) is 2.63. The number of hydrogen-bond acceptors (Lipinski definition) is 5. The van der Waals surface area contributed by atoms with Gasteiger partial charge in [0, 0.05) is 18.1 Å². The Morgan fingerprint density at radius 2 is 1.83 bits per heavy atom. The molecule has 2 heterocycles. The number of nitrogen functional groups attached to an aromatic ring is 1. The smallest absolute Gasteiger partial charge is 0.161 e. The Hall–Kier alpha value is -2.30. The van der Waals surface area contributed by atoms with Crippen molar-refractivity contribution in [1.82, 2.24) is 9.97 Å². The number of rotatable bonds is 1. The third-order valence-corrected chi connectivity index (χ3v) is 2.73. The van der Waals surface area contributed by atoms with E-state index in [1.165, 1.54) is 6.33 Å². The van der Waals surface area contributed by atoms with Crippen LogP contribution >= 0.6 is 0 Å². The van der Waals surface area contributed by atoms with Crippen LogP contribution in [0.5, 0.6) is 11.5 Å². The van der Waals surface area contributed by atoms with Crippen LogP contribution in [0.25, 0.3) is 11.3 Å². The molecule has 18 heavy (non-hydrogen) atoms. The minimum Gasteiger partial charge on any atom is -0.490 e. The van der Waals surface area contributed by atoms with E-state index < -0.39 is 0 Å². The van der Waals surface area contributed by atoms with E-state index in [9.17, 15) is 0 Å². The molecular formula is C13H13N3O2. The van der Waals surface area contributed by atoms with Crippen molar-refractivity contribution in [2.75, 3.05) is 18.9 Å². The van der Waals surface area contributed by atoms with Crippen LogP contribution < -0.4 is 15.2 Å². The van der Waals surface area contributed by atoms with Crippen molar-refractivity contribution in [3.05, 3.63) is 30.6 Å². The fraction of sp³-hybridized carbons (Fsp3) is 0.231. The molecule has 2 N–H and O–H groups in total. The summed E-state index contributed by atoms with van der Waals surface area (Å²) in [5.41, 5.74) is 7.37. The van der Waals surface area contributed by atoms with Gasteiger partial charge in [-0.15, -0.1) is 0 Å². The van der Waals surface area contributed by atoms with Gasteiger partial charge >= 0.3 is 0 Å². The summed E-state index contributed by atoms with van der Waals surface area (Å²) in [5, 5.41) is 0. The van der Waals surface area contributed by atoms with Crippen molar-refractivity contribution < 1.29 is 9.47 Å². The number of aromatic nitrogens is 2. The van der Waals surface area contributed by atoms with E-state index in [0.717, 1.165) is 29.2 Å². The molecule has 0 fully saturated rings. The second-order valence-electron chi connectivity index (χ2n) is 4.04. The minimum absolute atomic E-state index is 0.451. The largest absolute Gasteiger partial charge is 0.490 e. The Labute approximate surface area is 105 Å². The van der Waals surface area contributed by atoms with Crippen LogP contribution in [0.3, 0.4) is 0 Å². The summed E-state index contributed by atoms with van der Waals surface area (Å²) < 4.78 is 11.2. The van der Waals surface area contributed by atoms with Gasteiger partial charge in [-0.05, 0) is 18.2 Å². The highest BCUT2D eigenvalue weighted by atomic mass is 16.5. The maximum Gasteiger partial charge on any atom is 0.161 e. The van der Waals surface area contributed by atoms with E-state index in [-0.39, 0.29) is 0 Å². The Morgan fingerprint density at radius 1 is 1.00 bits per heavy atom. The summed E-state index contributed by atoms with van der Waals surface area (Å²) >= 11 is 0. The SMILES string of the molecule is Nc1cc(-c2ccc3c(c2)OCCCO3)ncn1. The molecule has 1 aromatic heterocycles. The molecule has 0 radical (unpaired) electrons. The lowest BCUT2D eigenvalue weighted by atomic mass is 10.1. The topological polar surface area (TPSA) is 70.3 Å². The predicted molar refractivity (Wildman–Crippen MR) is 67.5 cm³/mol. The zero-order chi connectivity index (χ0) is 12.4. The van der Waals surface area contributed by atoms with Gasteiger partial charge in [-0.2, -0.15) is 0 Å². The van der Waals surface area contributed by atoms with Gasteiger partial charge in [0.05, 0.1) is 18.9 Å². The third kappa shape index (κ3) is 2.07. The van der Waals surface area contributed by atoms with Crippen molar-refractivity contribution >= 4 is 5.82 Å². The van der Waals surface area contributed by atoms with Crippen LogP contribution in [0.1, 0.15) is 6.42 Å². The Balaban J connectivity index is 2.01. The highest BCUT2D eigenvalue weighted by Crippen LogP contribution is 2.33. The van der Waals surface area contributed by atoms with Gasteiger partial charge in [-0.25, -0.2) is 9.97 Å². The highest BCUT2D eigenvalue weighted by Gasteiger charge is 2.11. The van der Waals surface area contributed by atoms with Crippen molar-refractivity contribution in [3.8, 4) is 22.8 Å². The van der Waals surface area contributed by atoms with Crippen LogP contribution in [0.2, 0.25) is 0 Å². The Kier molecular flexibility index (Phi) is 2.72. The first-order chi connectivity index (χ1) is 8.83. The maximum absolute atomic E-state index is 5.65. The molecule has 1 aliphatic rings. The number of fused-ring (bicyclic) bond motifs is 1. The van der Waals surface area contributed by atoms with Crippen LogP contribution in [0, 0.1) is 0 Å². The number of hydrogen-bond donors (Lipinski definition) is 1. The number of nitrogens with two attached hydrogens (primary N) is 1. The van der Waals surface area contributed by atoms with Gasteiger partial charge in [0.25, 0.3) is 0 Å². The van der Waals surface area contributed by atoms with Gasteiger partial charge in [0.2, 0.25) is 0 Å². The second kappa shape index (κ2) is 4.52. The summed E-state index contributed by atoms with van der Waals surface area (Å²) in [5.74, 6) is 1.98. The van der Waals surface area contributed by atoms with Crippen LogP contribution in [0.15, 0.2) is 30.6 Å². The van der Waals surface area contributed by atoms with Gasteiger partial charge in [0.15, 0.2) is 11.5 Å². The summed E-state index contributed by atoms with van der Waals surface area (Å²) in [6.07, 6.45) is 2.35. The molecule has 0 saturated heterocycles. The summed E-state index contributed by atoms with van der Waals surface area (Å²) in [6, 6.07) is 7.49. The van der Waals surface area contributed by atoms with E-state index in [0.29, 0.717) is 19.0 Å². The molecule has 0 amide bonds. The molecular weight excluding hydrogens is 230 g/mol. The monoisotopic (exact) mass is 243 g/mol. The average molecular weight is 243 g/mol. The molecule has 1 aromatic carbocycles. The zero-order valence-electron chi connectivity index (χ0n) is 9.80. The molecule has 0 bridgehead atoms. The molecule has 0 spiro atoms. The molecule has 3 rings (SSSR count). The number of ether oxygens (including phenoxy) is 2. The van der Waals surface area contributed by atoms with E-state index >= 15 is 0 Å². The second-order valence-corrected chi connectivity index (χ2v) is 4.04. The molecule has 0 unspecified atom stereocenters. The predicted octanol–water partition coefficient (Wildman–Crippen LogP) is 1.89. The van der Waals surface area contributed by atoms with Crippen molar-refractivity contribution in [2.24, 2.45) is 0 Å². The molecule has 0 atom stereocenters. The van der Waals surface area contributed by atoms with Crippen molar-refractivity contribution in [2.45, 2.75) is 6.42 Å². The van der Waals surface area contributed by atoms with Crippen LogP contribution in [0.4, 0.5) is 5.82 Å². The van der Waals surface area contributed by atoms with Gasteiger partial charge in [-0.1, -0.05) is 0 Å². The van der Waals surface area contributed by atoms with Gasteiger partial charge < -0.3 is 15.2 Å². The minimum atomic E-state index is 0.451. The van der Waals surface area contributed by atoms with E-state index in [2.05, 4.69) is 9.97 Å². The fourth-order valence-corrected chi connectivity index (χ4v) is 1.85. The normalized spacial score (nSPS) is 14.0.